The van der Waals surface area contributed by atoms with Crippen LogP contribution in [0.15, 0.2) is 24.3 Å². The Hall–Kier alpha value is -1.03. The molecule has 0 aliphatic carbocycles. The highest BCUT2D eigenvalue weighted by Crippen LogP contribution is 2.21. The van der Waals surface area contributed by atoms with Crippen LogP contribution in [0.3, 0.4) is 0 Å². The van der Waals surface area contributed by atoms with Gasteiger partial charge in [0.2, 0.25) is 5.78 Å². The smallest absolute Gasteiger partial charge is 0.291 e. The van der Waals surface area contributed by atoms with Gasteiger partial charge in [-0.3, -0.25) is 4.79 Å². The first-order chi connectivity index (χ1) is 6.39. The fraction of sp³-hybridized carbons (Fsp3) is 0.222. The molecule has 0 N–H and O–H groups in total. The SMILES string of the molecule is O=C(Cc1ccc(F)cc1)C(F)(F)Cl. The molecule has 76 valence electrons. The molecule has 0 unspecified atom stereocenters. The zero-order valence-electron chi connectivity index (χ0n) is 6.94. The molecule has 0 heterocycles. The molecule has 1 rings (SSSR count). The highest BCUT2D eigenvalue weighted by Gasteiger charge is 2.34. The van der Waals surface area contributed by atoms with Crippen LogP contribution in [-0.4, -0.2) is 11.2 Å². The van der Waals surface area contributed by atoms with Crippen molar-refractivity contribution in [3.63, 3.8) is 0 Å². The lowest BCUT2D eigenvalue weighted by molar-refractivity contribution is -0.132. The minimum atomic E-state index is -3.85. The molecule has 0 fully saturated rings. The van der Waals surface area contributed by atoms with E-state index in [0.717, 1.165) is 12.1 Å². The van der Waals surface area contributed by atoms with Crippen LogP contribution in [0.25, 0.3) is 0 Å². The van der Waals surface area contributed by atoms with Gasteiger partial charge in [0, 0.05) is 6.42 Å². The summed E-state index contributed by atoms with van der Waals surface area (Å²) in [6, 6.07) is 4.70. The van der Waals surface area contributed by atoms with Crippen molar-refractivity contribution in [1.29, 1.82) is 0 Å². The standard InChI is InChI=1S/C9H6ClF3O/c10-9(12,13)8(14)5-6-1-3-7(11)4-2-6/h1-4H,5H2. The van der Waals surface area contributed by atoms with Crippen molar-refractivity contribution < 1.29 is 18.0 Å². The van der Waals surface area contributed by atoms with Gasteiger partial charge in [0.25, 0.3) is 0 Å². The van der Waals surface area contributed by atoms with E-state index in [4.69, 9.17) is 0 Å². The largest absolute Gasteiger partial charge is 0.380 e. The molecule has 0 bridgehead atoms. The molecule has 1 nitrogen and oxygen atoms in total. The van der Waals surface area contributed by atoms with Crippen LogP contribution in [0.2, 0.25) is 0 Å². The van der Waals surface area contributed by atoms with Gasteiger partial charge in [-0.2, -0.15) is 8.78 Å². The Morgan fingerprint density at radius 3 is 2.21 bits per heavy atom. The summed E-state index contributed by atoms with van der Waals surface area (Å²) in [5.74, 6) is -1.88. The maximum atomic E-state index is 12.4. The van der Waals surface area contributed by atoms with Crippen LogP contribution in [0.1, 0.15) is 5.56 Å². The van der Waals surface area contributed by atoms with Crippen LogP contribution in [0.5, 0.6) is 0 Å². The number of carbonyl (C=O) groups is 1. The first kappa shape index (κ1) is 11.0. The number of rotatable bonds is 3. The fourth-order valence-corrected chi connectivity index (χ4v) is 0.955. The topological polar surface area (TPSA) is 17.1 Å². The molecule has 0 spiro atoms. The Bertz CT molecular complexity index is 329. The van der Waals surface area contributed by atoms with E-state index in [1.54, 1.807) is 0 Å². The molecule has 0 aromatic heterocycles. The monoisotopic (exact) mass is 222 g/mol. The Kier molecular flexibility index (Phi) is 3.16. The van der Waals surface area contributed by atoms with Crippen LogP contribution >= 0.6 is 11.6 Å². The number of benzene rings is 1. The first-order valence-electron chi connectivity index (χ1n) is 3.74. The van der Waals surface area contributed by atoms with Crippen LogP contribution in [-0.2, 0) is 11.2 Å². The Labute approximate surface area is 83.5 Å². The number of alkyl halides is 3. The van der Waals surface area contributed by atoms with E-state index in [1.807, 2.05) is 0 Å². The molecule has 0 aliphatic heterocycles. The van der Waals surface area contributed by atoms with Crippen molar-refractivity contribution in [2.75, 3.05) is 0 Å². The fourth-order valence-electron chi connectivity index (χ4n) is 0.888. The summed E-state index contributed by atoms with van der Waals surface area (Å²) in [6.07, 6.45) is -0.503. The van der Waals surface area contributed by atoms with Crippen molar-refractivity contribution >= 4 is 17.4 Å². The molecular weight excluding hydrogens is 217 g/mol. The summed E-state index contributed by atoms with van der Waals surface area (Å²) in [5.41, 5.74) is 0.303. The number of Topliss-reactive ketones (excluding diaryl/α,β-unsaturated/α-hetero) is 1. The van der Waals surface area contributed by atoms with E-state index in [0.29, 0.717) is 5.56 Å². The molecule has 5 heteroatoms. The van der Waals surface area contributed by atoms with Crippen LogP contribution in [0.4, 0.5) is 13.2 Å². The maximum absolute atomic E-state index is 12.4. The third-order valence-corrected chi connectivity index (χ3v) is 1.80. The summed E-state index contributed by atoms with van der Waals surface area (Å²) in [5, 5.41) is -3.85. The average molecular weight is 223 g/mol. The average Bonchev–Trinajstić information content (AvgIpc) is 2.07. The van der Waals surface area contributed by atoms with E-state index in [1.165, 1.54) is 12.1 Å². The molecule has 1 aromatic rings. The van der Waals surface area contributed by atoms with Crippen molar-refractivity contribution in [1.82, 2.24) is 0 Å². The van der Waals surface area contributed by atoms with Crippen molar-refractivity contribution in [3.05, 3.63) is 35.6 Å². The molecule has 0 atom stereocenters. The third kappa shape index (κ3) is 3.03. The Balaban J connectivity index is 2.71. The summed E-state index contributed by atoms with van der Waals surface area (Å²) >= 11 is 4.51. The first-order valence-corrected chi connectivity index (χ1v) is 4.12. The van der Waals surface area contributed by atoms with Gasteiger partial charge < -0.3 is 0 Å². The quantitative estimate of drug-likeness (QED) is 0.719. The van der Waals surface area contributed by atoms with Crippen LogP contribution < -0.4 is 0 Å². The summed E-state index contributed by atoms with van der Waals surface area (Å²) < 4.78 is 36.8. The molecule has 0 amide bonds. The Morgan fingerprint density at radius 1 is 1.29 bits per heavy atom. The predicted octanol–water partition coefficient (Wildman–Crippen LogP) is 2.77. The normalized spacial score (nSPS) is 11.4. The molecule has 0 aliphatic rings. The van der Waals surface area contributed by atoms with Gasteiger partial charge in [-0.05, 0) is 29.3 Å². The van der Waals surface area contributed by atoms with Gasteiger partial charge in [0.15, 0.2) is 0 Å². The molecule has 0 saturated heterocycles. The van der Waals surface area contributed by atoms with Crippen molar-refractivity contribution in [2.24, 2.45) is 0 Å². The maximum Gasteiger partial charge on any atom is 0.380 e. The number of ketones is 1. The second-order valence-electron chi connectivity index (χ2n) is 2.72. The lowest BCUT2D eigenvalue weighted by Gasteiger charge is -2.05. The zero-order valence-corrected chi connectivity index (χ0v) is 7.69. The number of hydrogen-bond donors (Lipinski definition) is 0. The molecule has 0 radical (unpaired) electrons. The molecule has 1 aromatic carbocycles. The molecule has 14 heavy (non-hydrogen) atoms. The second-order valence-corrected chi connectivity index (χ2v) is 3.20. The lowest BCUT2D eigenvalue weighted by Crippen LogP contribution is -2.23. The summed E-state index contributed by atoms with van der Waals surface area (Å²) in [4.78, 5) is 10.7. The van der Waals surface area contributed by atoms with Gasteiger partial charge in [-0.25, -0.2) is 4.39 Å². The predicted molar refractivity (Wildman–Crippen MR) is 45.9 cm³/mol. The third-order valence-electron chi connectivity index (χ3n) is 1.59. The van der Waals surface area contributed by atoms with Gasteiger partial charge in [-0.1, -0.05) is 12.1 Å². The van der Waals surface area contributed by atoms with Crippen molar-refractivity contribution in [3.8, 4) is 0 Å². The number of carbonyl (C=O) groups excluding carboxylic acids is 1. The van der Waals surface area contributed by atoms with Gasteiger partial charge in [0.05, 0.1) is 0 Å². The summed E-state index contributed by atoms with van der Waals surface area (Å²) in [6.45, 7) is 0. The van der Waals surface area contributed by atoms with E-state index >= 15 is 0 Å². The lowest BCUT2D eigenvalue weighted by atomic mass is 10.1. The number of hydrogen-bond acceptors (Lipinski definition) is 1. The van der Waals surface area contributed by atoms with Crippen LogP contribution in [0, 0.1) is 5.82 Å². The van der Waals surface area contributed by atoms with E-state index in [9.17, 15) is 18.0 Å². The minimum absolute atomic E-state index is 0.303. The van der Waals surface area contributed by atoms with Gasteiger partial charge in [0.1, 0.15) is 5.82 Å². The molecular formula is C9H6ClF3O. The second kappa shape index (κ2) is 4.00. The zero-order chi connectivity index (χ0) is 10.8. The van der Waals surface area contributed by atoms with Gasteiger partial charge in [-0.15, -0.1) is 0 Å². The van der Waals surface area contributed by atoms with Gasteiger partial charge >= 0.3 is 5.38 Å². The highest BCUT2D eigenvalue weighted by atomic mass is 35.5. The molecule has 0 saturated carbocycles. The van der Waals surface area contributed by atoms with E-state index in [-0.39, 0.29) is 0 Å². The minimum Gasteiger partial charge on any atom is -0.291 e. The van der Waals surface area contributed by atoms with E-state index < -0.39 is 23.4 Å². The number of halogens is 4. The van der Waals surface area contributed by atoms with E-state index in [2.05, 4.69) is 11.6 Å². The highest BCUT2D eigenvalue weighted by molar-refractivity contribution is 6.32. The Morgan fingerprint density at radius 2 is 1.79 bits per heavy atom. The summed E-state index contributed by atoms with van der Waals surface area (Å²) in [7, 11) is 0. The van der Waals surface area contributed by atoms with Crippen molar-refractivity contribution in [2.45, 2.75) is 11.8 Å².